The molecule has 1 amide bonds. The van der Waals surface area contributed by atoms with Crippen LogP contribution in [-0.4, -0.2) is 10.9 Å². The first-order valence-electron chi connectivity index (χ1n) is 5.40. The monoisotopic (exact) mass is 298 g/mol. The van der Waals surface area contributed by atoms with Crippen molar-refractivity contribution in [3.8, 4) is 0 Å². The lowest BCUT2D eigenvalue weighted by Gasteiger charge is -2.09. The molecule has 0 aliphatic rings. The smallest absolute Gasteiger partial charge is 0.274 e. The fraction of sp³-hybridized carbons (Fsp3) is 0. The minimum absolute atomic E-state index is 0.000224. The number of carbonyl (C=O) groups is 1. The fourth-order valence-corrected chi connectivity index (χ4v) is 1.73. The second-order valence-electron chi connectivity index (χ2n) is 3.77. The van der Waals surface area contributed by atoms with E-state index >= 15 is 0 Å². The third-order valence-corrected chi connectivity index (χ3v) is 2.70. The van der Waals surface area contributed by atoms with Gasteiger partial charge in [0.15, 0.2) is 5.82 Å². The largest absolute Gasteiger partial charge is 0.324 e. The van der Waals surface area contributed by atoms with Crippen LogP contribution in [0.2, 0.25) is 5.02 Å². The molecule has 0 radical (unpaired) electrons. The van der Waals surface area contributed by atoms with Gasteiger partial charge in [-0.25, -0.2) is 8.78 Å². The highest BCUT2D eigenvalue weighted by Gasteiger charge is 2.15. The highest BCUT2D eigenvalue weighted by atomic mass is 35.5. The van der Waals surface area contributed by atoms with E-state index in [1.54, 1.807) is 6.07 Å². The summed E-state index contributed by atoms with van der Waals surface area (Å²) in [6.07, 6.45) is 1.35. The summed E-state index contributed by atoms with van der Waals surface area (Å²) in [7, 11) is 0. The predicted octanol–water partition coefficient (Wildman–Crippen LogP) is 2.55. The van der Waals surface area contributed by atoms with Crippen LogP contribution in [0.1, 0.15) is 10.5 Å². The highest BCUT2D eigenvalue weighted by molar-refractivity contribution is 6.34. The van der Waals surface area contributed by atoms with E-state index in [2.05, 4.69) is 15.7 Å². The number of aromatic nitrogens is 1. The molecular formula is C12H9ClF2N4O. The minimum atomic E-state index is -0.976. The standard InChI is InChI=1S/C12H9ClF2N4O/c13-8-3-6(14)4-9(15)11(8)18-12(20)10-5-7(19-16)1-2-17-10/h1-5H,16H2,(H,17,19)(H,18,20). The van der Waals surface area contributed by atoms with E-state index in [9.17, 15) is 13.6 Å². The van der Waals surface area contributed by atoms with Gasteiger partial charge in [-0.1, -0.05) is 11.6 Å². The zero-order valence-electron chi connectivity index (χ0n) is 9.95. The Hall–Kier alpha value is -2.25. The molecule has 1 heterocycles. The molecule has 1 aromatic carbocycles. The van der Waals surface area contributed by atoms with Crippen molar-refractivity contribution in [2.24, 2.45) is 5.84 Å². The zero-order chi connectivity index (χ0) is 14.7. The molecular weight excluding hydrogens is 290 g/mol. The van der Waals surface area contributed by atoms with Crippen molar-refractivity contribution in [3.63, 3.8) is 0 Å². The summed E-state index contributed by atoms with van der Waals surface area (Å²) in [6.45, 7) is 0. The molecule has 0 aliphatic carbocycles. The molecule has 0 saturated heterocycles. The molecule has 2 rings (SSSR count). The summed E-state index contributed by atoms with van der Waals surface area (Å²) in [5.41, 5.74) is 2.49. The Kier molecular flexibility index (Phi) is 4.11. The van der Waals surface area contributed by atoms with Gasteiger partial charge in [-0.05, 0) is 18.2 Å². The van der Waals surface area contributed by atoms with Crippen LogP contribution in [0.4, 0.5) is 20.2 Å². The zero-order valence-corrected chi connectivity index (χ0v) is 10.7. The maximum atomic E-state index is 13.5. The van der Waals surface area contributed by atoms with Gasteiger partial charge in [0.2, 0.25) is 0 Å². The van der Waals surface area contributed by atoms with E-state index < -0.39 is 17.5 Å². The third kappa shape index (κ3) is 3.01. The van der Waals surface area contributed by atoms with E-state index in [0.29, 0.717) is 11.8 Å². The molecule has 0 fully saturated rings. The quantitative estimate of drug-likeness (QED) is 0.601. The average Bonchev–Trinajstić information content (AvgIpc) is 2.42. The summed E-state index contributed by atoms with van der Waals surface area (Å²) >= 11 is 5.68. The topological polar surface area (TPSA) is 80.0 Å². The van der Waals surface area contributed by atoms with Crippen molar-refractivity contribution in [1.82, 2.24) is 4.98 Å². The van der Waals surface area contributed by atoms with Crippen LogP contribution in [0.25, 0.3) is 0 Å². The first-order valence-corrected chi connectivity index (χ1v) is 5.77. The van der Waals surface area contributed by atoms with Crippen LogP contribution >= 0.6 is 11.6 Å². The van der Waals surface area contributed by atoms with Crippen LogP contribution in [0, 0.1) is 11.6 Å². The third-order valence-electron chi connectivity index (χ3n) is 2.40. The number of nitrogens with one attached hydrogen (secondary N) is 2. The molecule has 0 spiro atoms. The number of hydrazine groups is 1. The summed E-state index contributed by atoms with van der Waals surface area (Å²) < 4.78 is 26.4. The SMILES string of the molecule is NNc1ccnc(C(=O)Nc2c(F)cc(F)cc2Cl)c1. The van der Waals surface area contributed by atoms with E-state index in [1.807, 2.05) is 0 Å². The highest BCUT2D eigenvalue weighted by Crippen LogP contribution is 2.26. The molecule has 0 unspecified atom stereocenters. The number of pyridine rings is 1. The summed E-state index contributed by atoms with van der Waals surface area (Å²) in [4.78, 5) is 15.7. The van der Waals surface area contributed by atoms with Crippen molar-refractivity contribution in [3.05, 3.63) is 52.8 Å². The van der Waals surface area contributed by atoms with Gasteiger partial charge in [-0.2, -0.15) is 0 Å². The molecule has 4 N–H and O–H groups in total. The molecule has 1 aromatic heterocycles. The number of nitrogen functional groups attached to an aromatic ring is 1. The Morgan fingerprint density at radius 1 is 1.30 bits per heavy atom. The van der Waals surface area contributed by atoms with Gasteiger partial charge in [0.1, 0.15) is 11.5 Å². The van der Waals surface area contributed by atoms with E-state index in [0.717, 1.165) is 6.07 Å². The van der Waals surface area contributed by atoms with Gasteiger partial charge in [0.25, 0.3) is 5.91 Å². The number of nitrogens with zero attached hydrogens (tertiary/aromatic N) is 1. The first kappa shape index (κ1) is 14.2. The number of carbonyl (C=O) groups excluding carboxylic acids is 1. The minimum Gasteiger partial charge on any atom is -0.324 e. The van der Waals surface area contributed by atoms with Crippen LogP contribution in [-0.2, 0) is 0 Å². The van der Waals surface area contributed by atoms with Gasteiger partial charge >= 0.3 is 0 Å². The van der Waals surface area contributed by atoms with Crippen molar-refractivity contribution in [1.29, 1.82) is 0 Å². The molecule has 0 atom stereocenters. The number of anilines is 2. The molecule has 0 saturated carbocycles. The summed E-state index contributed by atoms with van der Waals surface area (Å²) in [6, 6.07) is 4.42. The fourth-order valence-electron chi connectivity index (χ4n) is 1.48. The first-order chi connectivity index (χ1) is 9.51. The number of hydrogen-bond donors (Lipinski definition) is 3. The Labute approximate surface area is 117 Å². The number of benzene rings is 1. The number of nitrogens with two attached hydrogens (primary N) is 1. The van der Waals surface area contributed by atoms with Crippen molar-refractivity contribution >= 4 is 28.9 Å². The maximum Gasteiger partial charge on any atom is 0.274 e. The van der Waals surface area contributed by atoms with Gasteiger partial charge < -0.3 is 10.7 Å². The van der Waals surface area contributed by atoms with E-state index in [1.165, 1.54) is 12.3 Å². The molecule has 0 aliphatic heterocycles. The van der Waals surface area contributed by atoms with E-state index in [-0.39, 0.29) is 16.4 Å². The van der Waals surface area contributed by atoms with Crippen molar-refractivity contribution in [2.45, 2.75) is 0 Å². The number of halogens is 3. The van der Waals surface area contributed by atoms with Crippen LogP contribution in [0.5, 0.6) is 0 Å². The molecule has 104 valence electrons. The Morgan fingerprint density at radius 3 is 2.70 bits per heavy atom. The Balaban J connectivity index is 2.28. The molecule has 2 aromatic rings. The lowest BCUT2D eigenvalue weighted by atomic mass is 10.2. The predicted molar refractivity (Wildman–Crippen MR) is 71.4 cm³/mol. The van der Waals surface area contributed by atoms with Crippen LogP contribution < -0.4 is 16.6 Å². The second-order valence-corrected chi connectivity index (χ2v) is 4.18. The Morgan fingerprint density at radius 2 is 2.05 bits per heavy atom. The molecule has 8 heteroatoms. The van der Waals surface area contributed by atoms with Crippen LogP contribution in [0.15, 0.2) is 30.5 Å². The summed E-state index contributed by atoms with van der Waals surface area (Å²) in [5.74, 6) is 2.69. The van der Waals surface area contributed by atoms with E-state index in [4.69, 9.17) is 17.4 Å². The maximum absolute atomic E-state index is 13.5. The van der Waals surface area contributed by atoms with Gasteiger partial charge in [-0.15, -0.1) is 0 Å². The van der Waals surface area contributed by atoms with Gasteiger partial charge in [-0.3, -0.25) is 15.6 Å². The van der Waals surface area contributed by atoms with Crippen molar-refractivity contribution in [2.75, 3.05) is 10.7 Å². The van der Waals surface area contributed by atoms with Gasteiger partial charge in [0.05, 0.1) is 16.4 Å². The molecule has 0 bridgehead atoms. The molecule has 20 heavy (non-hydrogen) atoms. The summed E-state index contributed by atoms with van der Waals surface area (Å²) in [5, 5.41) is 1.98. The molecule has 5 nitrogen and oxygen atoms in total. The average molecular weight is 299 g/mol. The Bertz CT molecular complexity index is 643. The lowest BCUT2D eigenvalue weighted by Crippen LogP contribution is -2.16. The van der Waals surface area contributed by atoms with Crippen LogP contribution in [0.3, 0.4) is 0 Å². The van der Waals surface area contributed by atoms with Gasteiger partial charge in [0, 0.05) is 12.3 Å². The number of amides is 1. The van der Waals surface area contributed by atoms with Crippen molar-refractivity contribution < 1.29 is 13.6 Å². The normalized spacial score (nSPS) is 10.2. The second kappa shape index (κ2) is 5.81. The lowest BCUT2D eigenvalue weighted by molar-refractivity contribution is 0.102. The number of rotatable bonds is 3. The number of hydrogen-bond acceptors (Lipinski definition) is 4.